The molecule has 1 saturated heterocycles. The smallest absolute Gasteiger partial charge is 0.303 e. The van der Waals surface area contributed by atoms with Gasteiger partial charge in [-0.2, -0.15) is 0 Å². The molecule has 1 aliphatic rings. The van der Waals surface area contributed by atoms with Crippen LogP contribution in [0.2, 0.25) is 0 Å². The zero-order valence-corrected chi connectivity index (χ0v) is 18.0. The molecule has 2 aromatic carbocycles. The lowest BCUT2D eigenvalue weighted by Crippen LogP contribution is -2.39. The molecule has 1 fully saturated rings. The fraction of sp³-hybridized carbons (Fsp3) is 0.480. The van der Waals surface area contributed by atoms with Gasteiger partial charge in [-0.1, -0.05) is 36.4 Å². The maximum Gasteiger partial charge on any atom is 0.303 e. The largest absolute Gasteiger partial charge is 0.481 e. The number of aliphatic hydroxyl groups is 1. The first kappa shape index (κ1) is 23.4. The van der Waals surface area contributed by atoms with Gasteiger partial charge < -0.3 is 14.9 Å². The highest BCUT2D eigenvalue weighted by Gasteiger charge is 2.27. The van der Waals surface area contributed by atoms with Crippen LogP contribution < -0.4 is 0 Å². The Balaban J connectivity index is 1.50. The zero-order valence-electron chi connectivity index (χ0n) is 18.0. The van der Waals surface area contributed by atoms with E-state index in [2.05, 4.69) is 4.90 Å². The van der Waals surface area contributed by atoms with Gasteiger partial charge >= 0.3 is 5.97 Å². The first-order chi connectivity index (χ1) is 14.9. The molecular formula is C25H32FNO4. The summed E-state index contributed by atoms with van der Waals surface area (Å²) in [6.07, 6.45) is 2.56. The molecule has 0 aliphatic carbocycles. The topological polar surface area (TPSA) is 70.0 Å². The number of carboxylic acids is 1. The molecule has 1 heterocycles. The van der Waals surface area contributed by atoms with Crippen molar-refractivity contribution in [1.29, 1.82) is 0 Å². The molecule has 0 aromatic heterocycles. The molecule has 6 heteroatoms. The molecule has 1 aliphatic heterocycles. The van der Waals surface area contributed by atoms with Crippen LogP contribution in [0.15, 0.2) is 48.5 Å². The van der Waals surface area contributed by atoms with Crippen LogP contribution in [0.5, 0.6) is 0 Å². The number of halogens is 1. The lowest BCUT2D eigenvalue weighted by atomic mass is 9.99. The van der Waals surface area contributed by atoms with Gasteiger partial charge in [0.05, 0.1) is 18.8 Å². The number of rotatable bonds is 11. The summed E-state index contributed by atoms with van der Waals surface area (Å²) in [7, 11) is 0. The molecule has 5 nitrogen and oxygen atoms in total. The Morgan fingerprint density at radius 1 is 1.26 bits per heavy atom. The molecular weight excluding hydrogens is 397 g/mol. The maximum absolute atomic E-state index is 13.5. The van der Waals surface area contributed by atoms with Crippen LogP contribution in [-0.4, -0.2) is 52.9 Å². The number of hydrogen-bond donors (Lipinski definition) is 2. The van der Waals surface area contributed by atoms with E-state index in [1.807, 2.05) is 37.3 Å². The summed E-state index contributed by atoms with van der Waals surface area (Å²) in [6.45, 7) is 3.57. The fourth-order valence-electron chi connectivity index (χ4n) is 4.37. The van der Waals surface area contributed by atoms with Crippen molar-refractivity contribution in [3.8, 4) is 0 Å². The third-order valence-corrected chi connectivity index (χ3v) is 5.94. The Morgan fingerprint density at radius 2 is 2.06 bits per heavy atom. The summed E-state index contributed by atoms with van der Waals surface area (Å²) in [5, 5.41) is 19.5. The Bertz CT molecular complexity index is 859. The second kappa shape index (κ2) is 11.4. The zero-order chi connectivity index (χ0) is 22.2. The molecule has 168 valence electrons. The van der Waals surface area contributed by atoms with Crippen LogP contribution in [-0.2, 0) is 22.4 Å². The van der Waals surface area contributed by atoms with Crippen molar-refractivity contribution in [3.05, 3.63) is 71.0 Å². The van der Waals surface area contributed by atoms with Crippen LogP contribution in [0.25, 0.3) is 0 Å². The second-order valence-electron chi connectivity index (χ2n) is 8.35. The first-order valence-electron chi connectivity index (χ1n) is 11.0. The summed E-state index contributed by atoms with van der Waals surface area (Å²) < 4.78 is 19.4. The van der Waals surface area contributed by atoms with E-state index >= 15 is 0 Å². The van der Waals surface area contributed by atoms with Gasteiger partial charge in [-0.15, -0.1) is 0 Å². The van der Waals surface area contributed by atoms with Gasteiger partial charge in [-0.25, -0.2) is 4.39 Å². The van der Waals surface area contributed by atoms with Crippen molar-refractivity contribution in [2.75, 3.05) is 19.7 Å². The predicted octanol–water partition coefficient (Wildman–Crippen LogP) is 3.99. The highest BCUT2D eigenvalue weighted by Crippen LogP contribution is 2.24. The maximum atomic E-state index is 13.5. The number of carbonyl (C=O) groups is 1. The number of nitrogens with zero attached hydrogens (tertiary/aromatic N) is 1. The molecule has 0 saturated carbocycles. The van der Waals surface area contributed by atoms with E-state index in [1.165, 1.54) is 6.07 Å². The van der Waals surface area contributed by atoms with E-state index < -0.39 is 12.1 Å². The number of aliphatic hydroxyl groups excluding tert-OH is 1. The molecule has 3 atom stereocenters. The van der Waals surface area contributed by atoms with E-state index in [0.29, 0.717) is 19.0 Å². The van der Waals surface area contributed by atoms with Crippen LogP contribution in [0, 0.1) is 5.82 Å². The first-order valence-corrected chi connectivity index (χ1v) is 11.0. The van der Waals surface area contributed by atoms with Crippen molar-refractivity contribution in [2.45, 2.75) is 57.3 Å². The molecule has 0 radical (unpaired) electrons. The molecule has 31 heavy (non-hydrogen) atoms. The molecule has 0 amide bonds. The van der Waals surface area contributed by atoms with E-state index in [-0.39, 0.29) is 24.9 Å². The van der Waals surface area contributed by atoms with Crippen molar-refractivity contribution >= 4 is 5.97 Å². The van der Waals surface area contributed by atoms with E-state index in [1.54, 1.807) is 12.1 Å². The van der Waals surface area contributed by atoms with Crippen molar-refractivity contribution < 1.29 is 24.1 Å². The van der Waals surface area contributed by atoms with Crippen LogP contribution in [0.4, 0.5) is 4.39 Å². The van der Waals surface area contributed by atoms with Crippen molar-refractivity contribution in [2.24, 2.45) is 0 Å². The van der Waals surface area contributed by atoms with Gasteiger partial charge in [0.1, 0.15) is 5.82 Å². The summed E-state index contributed by atoms with van der Waals surface area (Å²) >= 11 is 0. The normalized spacial score (nSPS) is 18.7. The third kappa shape index (κ3) is 7.13. The predicted molar refractivity (Wildman–Crippen MR) is 117 cm³/mol. The van der Waals surface area contributed by atoms with Crippen LogP contribution in [0.3, 0.4) is 0 Å². The fourth-order valence-corrected chi connectivity index (χ4v) is 4.37. The van der Waals surface area contributed by atoms with E-state index in [4.69, 9.17) is 9.84 Å². The van der Waals surface area contributed by atoms with E-state index in [9.17, 15) is 14.3 Å². The number of aryl methyl sites for hydroxylation is 1. The lowest BCUT2D eigenvalue weighted by Gasteiger charge is -2.27. The van der Waals surface area contributed by atoms with Crippen molar-refractivity contribution in [1.82, 2.24) is 4.90 Å². The van der Waals surface area contributed by atoms with Gasteiger partial charge in [-0.05, 0) is 68.0 Å². The number of likely N-dealkylation sites (tertiary alicyclic amines) is 1. The molecule has 3 rings (SSSR count). The molecule has 0 unspecified atom stereocenters. The minimum Gasteiger partial charge on any atom is -0.481 e. The Labute approximate surface area is 183 Å². The Hall–Kier alpha value is -2.28. The highest BCUT2D eigenvalue weighted by molar-refractivity contribution is 5.67. The van der Waals surface area contributed by atoms with Crippen LogP contribution >= 0.6 is 0 Å². The van der Waals surface area contributed by atoms with Gasteiger partial charge in [0.2, 0.25) is 0 Å². The van der Waals surface area contributed by atoms with Gasteiger partial charge in [-0.3, -0.25) is 9.69 Å². The number of β-amino-alcohol motifs (C(OH)–C–C–N with tert-alkyl or cyclic N) is 1. The third-order valence-electron chi connectivity index (χ3n) is 5.94. The summed E-state index contributed by atoms with van der Waals surface area (Å²) in [6, 6.07) is 14.7. The van der Waals surface area contributed by atoms with Gasteiger partial charge in [0.15, 0.2) is 0 Å². The molecule has 2 N–H and O–H groups in total. The minimum absolute atomic E-state index is 0.0774. The number of hydrogen-bond acceptors (Lipinski definition) is 4. The molecule has 0 bridgehead atoms. The Morgan fingerprint density at radius 3 is 2.84 bits per heavy atom. The SMILES string of the molecule is C[C@@H](OC[C@H](O)CN1CCC[C@H]1Cc1cccc(F)c1)c1ccccc1CCC(=O)O. The molecule has 0 spiro atoms. The lowest BCUT2D eigenvalue weighted by molar-refractivity contribution is -0.136. The average molecular weight is 430 g/mol. The van der Waals surface area contributed by atoms with Gasteiger partial charge in [0.25, 0.3) is 0 Å². The number of aliphatic carboxylic acids is 1. The summed E-state index contributed by atoms with van der Waals surface area (Å²) in [5.74, 6) is -1.04. The number of carboxylic acid groups (broad SMARTS) is 1. The quantitative estimate of drug-likeness (QED) is 0.565. The summed E-state index contributed by atoms with van der Waals surface area (Å²) in [4.78, 5) is 13.2. The van der Waals surface area contributed by atoms with Gasteiger partial charge in [0, 0.05) is 19.0 Å². The van der Waals surface area contributed by atoms with Crippen LogP contribution in [0.1, 0.15) is 49.0 Å². The van der Waals surface area contributed by atoms with Crippen molar-refractivity contribution in [3.63, 3.8) is 0 Å². The average Bonchev–Trinajstić information content (AvgIpc) is 3.17. The van der Waals surface area contributed by atoms with E-state index in [0.717, 1.165) is 42.5 Å². The Kier molecular flexibility index (Phi) is 8.58. The summed E-state index contributed by atoms with van der Waals surface area (Å²) in [5.41, 5.74) is 2.90. The highest BCUT2D eigenvalue weighted by atomic mass is 19.1. The number of benzene rings is 2. The minimum atomic E-state index is -0.822. The number of ether oxygens (including phenoxy) is 1. The molecule has 2 aromatic rings. The second-order valence-corrected chi connectivity index (χ2v) is 8.35. The standard InChI is InChI=1S/C25H32FNO4/c1-18(24-10-3-2-7-20(24)11-12-25(29)30)31-17-23(28)16-27-13-5-9-22(27)15-19-6-4-8-21(26)14-19/h2-4,6-8,10,14,18,22-23,28H,5,9,11-13,15-17H2,1H3,(H,29,30)/t18-,22+,23-/m1/s1. The monoisotopic (exact) mass is 429 g/mol.